The minimum absolute atomic E-state index is 0.0810. The fourth-order valence-corrected chi connectivity index (χ4v) is 6.27. The molecule has 0 spiro atoms. The maximum atomic E-state index is 12.1. The summed E-state index contributed by atoms with van der Waals surface area (Å²) in [5.41, 5.74) is 8.35. The van der Waals surface area contributed by atoms with Crippen LogP contribution in [-0.4, -0.2) is 44.7 Å². The lowest BCUT2D eigenvalue weighted by Gasteiger charge is -2.13. The third-order valence-electron chi connectivity index (χ3n) is 6.93. The summed E-state index contributed by atoms with van der Waals surface area (Å²) < 4.78 is 0.932. The van der Waals surface area contributed by atoms with Crippen LogP contribution in [0.2, 0.25) is 5.02 Å². The van der Waals surface area contributed by atoms with Crippen molar-refractivity contribution in [2.75, 3.05) is 11.9 Å². The first kappa shape index (κ1) is 30.4. The lowest BCUT2D eigenvalue weighted by Crippen LogP contribution is -2.20. The number of aliphatic carboxylic acids is 1. The molecule has 0 radical (unpaired) electrons. The summed E-state index contributed by atoms with van der Waals surface area (Å²) in [6.45, 7) is 7.16. The van der Waals surface area contributed by atoms with Crippen LogP contribution in [-0.2, 0) is 22.4 Å². The van der Waals surface area contributed by atoms with Gasteiger partial charge in [-0.2, -0.15) is 0 Å². The first-order chi connectivity index (χ1) is 20.3. The SMILES string of the molecule is CC(C)(C)O.Cc1cc2nc(-c3ccnc(-c4ccc5c(c4)CC(=O)N5C)c3)sc2c(-c2ccc(Cl)cc2)c1CC(=O)O. The Kier molecular flexibility index (Phi) is 8.38. The second-order valence-electron chi connectivity index (χ2n) is 11.6. The van der Waals surface area contributed by atoms with Gasteiger partial charge in [-0.15, -0.1) is 11.3 Å². The predicted molar refractivity (Wildman–Crippen MR) is 174 cm³/mol. The molecule has 2 aromatic heterocycles. The predicted octanol–water partition coefficient (Wildman–Crippen LogP) is 7.58. The van der Waals surface area contributed by atoms with Crippen molar-refractivity contribution in [1.29, 1.82) is 0 Å². The molecule has 0 saturated carbocycles. The number of pyridine rings is 1. The summed E-state index contributed by atoms with van der Waals surface area (Å²) in [4.78, 5) is 35.1. The molecule has 3 heterocycles. The number of hydrogen-bond donors (Lipinski definition) is 2. The Morgan fingerprint density at radius 2 is 1.70 bits per heavy atom. The number of amides is 1. The number of carboxylic acids is 1. The number of thiazole rings is 1. The zero-order chi connectivity index (χ0) is 31.1. The van der Waals surface area contributed by atoms with Crippen molar-refractivity contribution in [2.45, 2.75) is 46.1 Å². The average Bonchev–Trinajstić information content (AvgIpc) is 3.48. The highest BCUT2D eigenvalue weighted by atomic mass is 35.5. The second kappa shape index (κ2) is 11.9. The van der Waals surface area contributed by atoms with E-state index in [1.165, 1.54) is 11.3 Å². The van der Waals surface area contributed by atoms with Crippen molar-refractivity contribution in [2.24, 2.45) is 0 Å². The van der Waals surface area contributed by atoms with E-state index in [4.69, 9.17) is 21.7 Å². The summed E-state index contributed by atoms with van der Waals surface area (Å²) in [5.74, 6) is -0.796. The molecule has 1 amide bonds. The number of aliphatic hydroxyl groups is 1. The van der Waals surface area contributed by atoms with Crippen LogP contribution in [0.3, 0.4) is 0 Å². The number of aromatic nitrogens is 2. The van der Waals surface area contributed by atoms with Crippen LogP contribution < -0.4 is 4.90 Å². The van der Waals surface area contributed by atoms with Gasteiger partial charge in [-0.1, -0.05) is 29.8 Å². The molecule has 3 aromatic carbocycles. The minimum atomic E-state index is -0.881. The van der Waals surface area contributed by atoms with E-state index < -0.39 is 11.6 Å². The van der Waals surface area contributed by atoms with E-state index in [-0.39, 0.29) is 12.3 Å². The number of likely N-dealkylation sites (N-methyl/N-ethyl adjacent to an activating group) is 1. The van der Waals surface area contributed by atoms with Gasteiger partial charge in [0.25, 0.3) is 0 Å². The second-order valence-corrected chi connectivity index (χ2v) is 13.0. The number of halogens is 1. The van der Waals surface area contributed by atoms with E-state index in [1.54, 1.807) is 38.9 Å². The van der Waals surface area contributed by atoms with Crippen LogP contribution in [0, 0.1) is 6.92 Å². The number of hydrogen-bond acceptors (Lipinski definition) is 6. The third-order valence-corrected chi connectivity index (χ3v) is 8.32. The number of aryl methyl sites for hydroxylation is 1. The number of carbonyl (C=O) groups is 2. The first-order valence-corrected chi connectivity index (χ1v) is 15.0. The summed E-state index contributed by atoms with van der Waals surface area (Å²) >= 11 is 7.67. The topological polar surface area (TPSA) is 104 Å². The fourth-order valence-electron chi connectivity index (χ4n) is 5.01. The molecule has 7 nitrogen and oxygen atoms in total. The van der Waals surface area contributed by atoms with Gasteiger partial charge in [0.15, 0.2) is 0 Å². The lowest BCUT2D eigenvalue weighted by atomic mass is 9.93. The van der Waals surface area contributed by atoms with Gasteiger partial charge >= 0.3 is 5.97 Å². The van der Waals surface area contributed by atoms with Gasteiger partial charge in [0.1, 0.15) is 5.01 Å². The smallest absolute Gasteiger partial charge is 0.307 e. The van der Waals surface area contributed by atoms with Gasteiger partial charge in [0, 0.05) is 40.6 Å². The highest BCUT2D eigenvalue weighted by Crippen LogP contribution is 2.41. The molecule has 0 aliphatic carbocycles. The molecule has 220 valence electrons. The molecular formula is C34H32ClN3O4S. The monoisotopic (exact) mass is 613 g/mol. The van der Waals surface area contributed by atoms with Gasteiger partial charge in [-0.05, 0) is 92.4 Å². The maximum absolute atomic E-state index is 12.1. The number of carboxylic acid groups (broad SMARTS) is 1. The molecule has 1 aliphatic rings. The average molecular weight is 614 g/mol. The highest BCUT2D eigenvalue weighted by molar-refractivity contribution is 7.22. The van der Waals surface area contributed by atoms with Crippen LogP contribution >= 0.6 is 22.9 Å². The Labute approximate surface area is 259 Å². The standard InChI is InChI=1S/C30H22ClN3O3S.C4H10O/c1-16-11-24-29(28(22(16)15-27(36)37)17-3-6-21(31)7-4-17)38-30(33-24)19-9-10-32-23(13-19)18-5-8-25-20(12-18)14-26(35)34(25)2;1-4(2,3)5/h3-13H,14-15H2,1-2H3,(H,36,37);5H,1-3H3. The van der Waals surface area contributed by atoms with Crippen LogP contribution in [0.1, 0.15) is 37.5 Å². The van der Waals surface area contributed by atoms with Gasteiger partial charge in [0.05, 0.1) is 34.4 Å². The van der Waals surface area contributed by atoms with Crippen LogP contribution in [0.5, 0.6) is 0 Å². The van der Waals surface area contributed by atoms with Crippen molar-refractivity contribution in [3.05, 3.63) is 88.6 Å². The largest absolute Gasteiger partial charge is 0.481 e. The molecule has 43 heavy (non-hydrogen) atoms. The molecule has 9 heteroatoms. The Bertz CT molecular complexity index is 1850. The molecule has 1 aliphatic heterocycles. The number of carbonyl (C=O) groups excluding carboxylic acids is 1. The lowest BCUT2D eigenvalue weighted by molar-refractivity contribution is -0.136. The first-order valence-electron chi connectivity index (χ1n) is 13.8. The number of anilines is 1. The number of benzene rings is 3. The van der Waals surface area contributed by atoms with Gasteiger partial charge in [0.2, 0.25) is 5.91 Å². The highest BCUT2D eigenvalue weighted by Gasteiger charge is 2.24. The van der Waals surface area contributed by atoms with Gasteiger partial charge < -0.3 is 15.1 Å². The molecule has 0 bridgehead atoms. The molecule has 0 fully saturated rings. The molecule has 0 unspecified atom stereocenters. The number of nitrogens with zero attached hydrogens (tertiary/aromatic N) is 3. The summed E-state index contributed by atoms with van der Waals surface area (Å²) in [6.07, 6.45) is 2.08. The van der Waals surface area contributed by atoms with E-state index >= 15 is 0 Å². The zero-order valence-electron chi connectivity index (χ0n) is 24.6. The van der Waals surface area contributed by atoms with Gasteiger partial charge in [-0.3, -0.25) is 14.6 Å². The van der Waals surface area contributed by atoms with Gasteiger partial charge in [-0.25, -0.2) is 4.98 Å². The van der Waals surface area contributed by atoms with Crippen LogP contribution in [0.15, 0.2) is 66.9 Å². The Hall–Kier alpha value is -4.11. The summed E-state index contributed by atoms with van der Waals surface area (Å²) in [7, 11) is 1.79. The van der Waals surface area contributed by atoms with E-state index in [2.05, 4.69) is 4.98 Å². The maximum Gasteiger partial charge on any atom is 0.307 e. The zero-order valence-corrected chi connectivity index (χ0v) is 26.2. The number of fused-ring (bicyclic) bond motifs is 2. The fraction of sp³-hybridized carbons (Fsp3) is 0.235. The third kappa shape index (κ3) is 6.77. The molecule has 5 aromatic rings. The summed E-state index contributed by atoms with van der Waals surface area (Å²) in [5, 5.41) is 19.6. The quantitative estimate of drug-likeness (QED) is 0.212. The van der Waals surface area contributed by atoms with E-state index in [1.807, 2.05) is 67.6 Å². The van der Waals surface area contributed by atoms with E-state index in [0.29, 0.717) is 11.4 Å². The molecule has 2 N–H and O–H groups in total. The summed E-state index contributed by atoms with van der Waals surface area (Å²) in [6, 6.07) is 19.3. The van der Waals surface area contributed by atoms with E-state index in [0.717, 1.165) is 65.5 Å². The Balaban J connectivity index is 0.000000682. The van der Waals surface area contributed by atoms with E-state index in [9.17, 15) is 14.7 Å². The molecular weight excluding hydrogens is 582 g/mol. The van der Waals surface area contributed by atoms with Crippen LogP contribution in [0.25, 0.3) is 43.2 Å². The molecule has 0 saturated heterocycles. The van der Waals surface area contributed by atoms with Crippen molar-refractivity contribution < 1.29 is 19.8 Å². The van der Waals surface area contributed by atoms with Crippen molar-refractivity contribution in [3.8, 4) is 33.0 Å². The Morgan fingerprint density at radius 3 is 2.37 bits per heavy atom. The number of rotatable bonds is 5. The minimum Gasteiger partial charge on any atom is -0.481 e. The van der Waals surface area contributed by atoms with Crippen molar-refractivity contribution >= 4 is 50.7 Å². The molecule has 0 atom stereocenters. The van der Waals surface area contributed by atoms with Crippen molar-refractivity contribution in [1.82, 2.24) is 9.97 Å². The van der Waals surface area contributed by atoms with Crippen molar-refractivity contribution in [3.63, 3.8) is 0 Å². The van der Waals surface area contributed by atoms with Crippen LogP contribution in [0.4, 0.5) is 5.69 Å². The Morgan fingerprint density at radius 1 is 1.02 bits per heavy atom. The normalized spacial score (nSPS) is 12.7. The molecule has 6 rings (SSSR count).